The first-order chi connectivity index (χ1) is 12.8. The van der Waals surface area contributed by atoms with E-state index in [4.69, 9.17) is 0 Å². The highest BCUT2D eigenvalue weighted by molar-refractivity contribution is 5.28. The molecule has 0 radical (unpaired) electrons. The monoisotopic (exact) mass is 380 g/mol. The van der Waals surface area contributed by atoms with E-state index in [1.54, 1.807) is 0 Å². The minimum Gasteiger partial charge on any atom is -0.250 e. The van der Waals surface area contributed by atoms with Gasteiger partial charge in [0.15, 0.2) is 0 Å². The van der Waals surface area contributed by atoms with E-state index in [1.165, 1.54) is 22.3 Å². The third kappa shape index (κ3) is 6.46. The standard InChI is InChI=1S/C26H40N2/c1-24(2,3)22-14-10-20(11-15-22)18-27-28(26(7,8)9)19-21-12-16-23(17-13-21)25(4,5)6/h10-17,27H,18-19H2,1-9H3. The molecule has 0 aliphatic heterocycles. The van der Waals surface area contributed by atoms with Gasteiger partial charge in [0.25, 0.3) is 0 Å². The van der Waals surface area contributed by atoms with Crippen LogP contribution < -0.4 is 5.43 Å². The summed E-state index contributed by atoms with van der Waals surface area (Å²) in [5.74, 6) is 0. The Morgan fingerprint density at radius 2 is 1.00 bits per heavy atom. The lowest BCUT2D eigenvalue weighted by Gasteiger charge is -2.36. The molecular weight excluding hydrogens is 340 g/mol. The molecule has 154 valence electrons. The Morgan fingerprint density at radius 1 is 0.607 bits per heavy atom. The molecule has 0 atom stereocenters. The van der Waals surface area contributed by atoms with Crippen molar-refractivity contribution in [2.24, 2.45) is 0 Å². The van der Waals surface area contributed by atoms with Gasteiger partial charge in [-0.25, -0.2) is 10.4 Å². The van der Waals surface area contributed by atoms with E-state index in [0.717, 1.165) is 13.1 Å². The summed E-state index contributed by atoms with van der Waals surface area (Å²) in [5, 5.41) is 2.34. The zero-order chi connectivity index (χ0) is 21.2. The Kier molecular flexibility index (Phi) is 6.78. The van der Waals surface area contributed by atoms with Gasteiger partial charge in [-0.1, -0.05) is 90.1 Å². The van der Waals surface area contributed by atoms with Gasteiger partial charge in [-0.15, -0.1) is 0 Å². The number of hydrazine groups is 1. The van der Waals surface area contributed by atoms with Crippen LogP contribution in [-0.4, -0.2) is 10.5 Å². The van der Waals surface area contributed by atoms with Crippen LogP contribution >= 0.6 is 0 Å². The summed E-state index contributed by atoms with van der Waals surface area (Å²) in [7, 11) is 0. The lowest BCUT2D eigenvalue weighted by atomic mass is 9.86. The van der Waals surface area contributed by atoms with Crippen LogP contribution in [0.1, 0.15) is 84.6 Å². The second-order valence-electron chi connectivity index (χ2n) is 11.0. The molecule has 0 aliphatic rings. The van der Waals surface area contributed by atoms with E-state index in [9.17, 15) is 0 Å². The van der Waals surface area contributed by atoms with E-state index in [2.05, 4.69) is 121 Å². The number of hydrogen-bond donors (Lipinski definition) is 1. The van der Waals surface area contributed by atoms with Crippen molar-refractivity contribution in [3.8, 4) is 0 Å². The zero-order valence-corrected chi connectivity index (χ0v) is 19.5. The molecule has 2 heteroatoms. The van der Waals surface area contributed by atoms with Crippen LogP contribution in [0.5, 0.6) is 0 Å². The van der Waals surface area contributed by atoms with Crippen molar-refractivity contribution in [1.29, 1.82) is 0 Å². The lowest BCUT2D eigenvalue weighted by Crippen LogP contribution is -2.49. The zero-order valence-electron chi connectivity index (χ0n) is 19.5. The predicted molar refractivity (Wildman–Crippen MR) is 122 cm³/mol. The second-order valence-corrected chi connectivity index (χ2v) is 11.0. The summed E-state index contributed by atoms with van der Waals surface area (Å²) in [4.78, 5) is 0. The fourth-order valence-corrected chi connectivity index (χ4v) is 3.13. The summed E-state index contributed by atoms with van der Waals surface area (Å²) in [6, 6.07) is 18.0. The average molecular weight is 381 g/mol. The molecule has 2 aromatic carbocycles. The highest BCUT2D eigenvalue weighted by atomic mass is 15.5. The summed E-state index contributed by atoms with van der Waals surface area (Å²) in [5.41, 5.74) is 9.49. The average Bonchev–Trinajstić information content (AvgIpc) is 2.57. The van der Waals surface area contributed by atoms with Gasteiger partial charge >= 0.3 is 0 Å². The van der Waals surface area contributed by atoms with Gasteiger partial charge < -0.3 is 0 Å². The quantitative estimate of drug-likeness (QED) is 0.589. The number of nitrogens with one attached hydrogen (secondary N) is 1. The van der Waals surface area contributed by atoms with E-state index >= 15 is 0 Å². The van der Waals surface area contributed by atoms with Crippen LogP contribution in [0, 0.1) is 0 Å². The first kappa shape index (κ1) is 22.6. The van der Waals surface area contributed by atoms with Crippen molar-refractivity contribution in [3.05, 3.63) is 70.8 Å². The summed E-state index contributed by atoms with van der Waals surface area (Å²) in [6.07, 6.45) is 0. The number of benzene rings is 2. The summed E-state index contributed by atoms with van der Waals surface area (Å²) >= 11 is 0. The topological polar surface area (TPSA) is 15.3 Å². The lowest BCUT2D eigenvalue weighted by molar-refractivity contribution is 0.0603. The molecule has 1 N–H and O–H groups in total. The van der Waals surface area contributed by atoms with Gasteiger partial charge in [0, 0.05) is 18.6 Å². The van der Waals surface area contributed by atoms with Crippen molar-refractivity contribution >= 4 is 0 Å². The molecule has 0 unspecified atom stereocenters. The molecule has 0 fully saturated rings. The van der Waals surface area contributed by atoms with Gasteiger partial charge in [-0.3, -0.25) is 0 Å². The minimum absolute atomic E-state index is 0.0358. The third-order valence-electron chi connectivity index (χ3n) is 5.26. The Hall–Kier alpha value is -1.64. The smallest absolute Gasteiger partial charge is 0.0387 e. The van der Waals surface area contributed by atoms with E-state index in [1.807, 2.05) is 0 Å². The molecule has 0 amide bonds. The first-order valence-corrected chi connectivity index (χ1v) is 10.5. The van der Waals surface area contributed by atoms with Crippen LogP contribution in [-0.2, 0) is 23.9 Å². The van der Waals surface area contributed by atoms with Crippen LogP contribution in [0.15, 0.2) is 48.5 Å². The molecule has 0 aromatic heterocycles. The Balaban J connectivity index is 2.06. The molecule has 2 aromatic rings. The number of nitrogens with zero attached hydrogens (tertiary/aromatic N) is 1. The van der Waals surface area contributed by atoms with Crippen LogP contribution in [0.25, 0.3) is 0 Å². The van der Waals surface area contributed by atoms with Crippen molar-refractivity contribution < 1.29 is 0 Å². The van der Waals surface area contributed by atoms with Crippen LogP contribution in [0.3, 0.4) is 0 Å². The molecule has 0 heterocycles. The van der Waals surface area contributed by atoms with Gasteiger partial charge in [-0.2, -0.15) is 0 Å². The van der Waals surface area contributed by atoms with Crippen molar-refractivity contribution in [2.45, 2.75) is 91.8 Å². The van der Waals surface area contributed by atoms with Gasteiger partial charge in [0.05, 0.1) is 0 Å². The SMILES string of the molecule is CC(C)(C)c1ccc(CNN(Cc2ccc(C(C)(C)C)cc2)C(C)(C)C)cc1. The normalized spacial score (nSPS) is 13.2. The fraction of sp³-hybridized carbons (Fsp3) is 0.538. The minimum atomic E-state index is 0.0358. The van der Waals surface area contributed by atoms with Gasteiger partial charge in [0.1, 0.15) is 0 Å². The fourth-order valence-electron chi connectivity index (χ4n) is 3.13. The van der Waals surface area contributed by atoms with E-state index < -0.39 is 0 Å². The molecule has 0 bridgehead atoms. The highest BCUT2D eigenvalue weighted by Crippen LogP contribution is 2.24. The van der Waals surface area contributed by atoms with Crippen molar-refractivity contribution in [1.82, 2.24) is 10.4 Å². The Bertz CT molecular complexity index is 735. The molecular formula is C26H40N2. The largest absolute Gasteiger partial charge is 0.250 e. The van der Waals surface area contributed by atoms with Gasteiger partial charge in [0.2, 0.25) is 0 Å². The molecule has 0 saturated heterocycles. The van der Waals surface area contributed by atoms with Crippen molar-refractivity contribution in [3.63, 3.8) is 0 Å². The third-order valence-corrected chi connectivity index (χ3v) is 5.26. The maximum Gasteiger partial charge on any atom is 0.0387 e. The maximum atomic E-state index is 3.66. The summed E-state index contributed by atoms with van der Waals surface area (Å²) in [6.45, 7) is 22.0. The predicted octanol–water partition coefficient (Wildman–Crippen LogP) is 6.59. The second kappa shape index (κ2) is 8.39. The van der Waals surface area contributed by atoms with Gasteiger partial charge in [-0.05, 0) is 53.9 Å². The van der Waals surface area contributed by atoms with Crippen LogP contribution in [0.4, 0.5) is 0 Å². The first-order valence-electron chi connectivity index (χ1n) is 10.5. The highest BCUT2D eigenvalue weighted by Gasteiger charge is 2.22. The molecule has 2 nitrogen and oxygen atoms in total. The van der Waals surface area contributed by atoms with Crippen LogP contribution in [0.2, 0.25) is 0 Å². The Morgan fingerprint density at radius 3 is 1.36 bits per heavy atom. The summed E-state index contributed by atoms with van der Waals surface area (Å²) < 4.78 is 0. The van der Waals surface area contributed by atoms with Crippen molar-refractivity contribution in [2.75, 3.05) is 0 Å². The Labute approximate surface area is 173 Å². The number of hydrogen-bond acceptors (Lipinski definition) is 2. The molecule has 0 saturated carbocycles. The van der Waals surface area contributed by atoms with E-state index in [-0.39, 0.29) is 16.4 Å². The number of rotatable bonds is 5. The maximum absolute atomic E-state index is 3.66. The molecule has 2 rings (SSSR count). The molecule has 0 spiro atoms. The molecule has 0 aliphatic carbocycles. The molecule has 28 heavy (non-hydrogen) atoms. The van der Waals surface area contributed by atoms with E-state index in [0.29, 0.717) is 0 Å².